The number of pyridine rings is 1. The van der Waals surface area contributed by atoms with Gasteiger partial charge in [0.15, 0.2) is 0 Å². The number of para-hydroxylation sites is 1. The molecule has 0 aliphatic heterocycles. The van der Waals surface area contributed by atoms with Crippen LogP contribution < -0.4 is 10.6 Å². The maximum atomic E-state index is 13.6. The molecule has 0 aliphatic carbocycles. The quantitative estimate of drug-likeness (QED) is 0.435. The molecule has 0 radical (unpaired) electrons. The van der Waals surface area contributed by atoms with Crippen molar-refractivity contribution in [2.24, 2.45) is 0 Å². The summed E-state index contributed by atoms with van der Waals surface area (Å²) in [5, 5.41) is 7.08. The number of halogens is 1. The summed E-state index contributed by atoms with van der Waals surface area (Å²) in [4.78, 5) is 19.8. The third-order valence-corrected chi connectivity index (χ3v) is 4.73. The third kappa shape index (κ3) is 4.60. The molecule has 2 aromatic heterocycles. The lowest BCUT2D eigenvalue weighted by Crippen LogP contribution is -2.14. The van der Waals surface area contributed by atoms with E-state index in [0.29, 0.717) is 30.0 Å². The first-order chi connectivity index (χ1) is 14.2. The van der Waals surface area contributed by atoms with Gasteiger partial charge in [-0.1, -0.05) is 36.4 Å². The van der Waals surface area contributed by atoms with Crippen LogP contribution in [0.25, 0.3) is 10.9 Å². The monoisotopic (exact) mass is 388 g/mol. The lowest BCUT2D eigenvalue weighted by atomic mass is 10.1. The first kappa shape index (κ1) is 18.7. The normalized spacial score (nSPS) is 10.8. The SMILES string of the molecule is O=C(Cc1c[nH]c2ccccc12)Nc1ccc(NCCc2ccccc2F)nc1. The summed E-state index contributed by atoms with van der Waals surface area (Å²) < 4.78 is 13.6. The second kappa shape index (κ2) is 8.56. The van der Waals surface area contributed by atoms with Gasteiger partial charge in [-0.25, -0.2) is 9.37 Å². The Morgan fingerprint density at radius 2 is 1.83 bits per heavy atom. The highest BCUT2D eigenvalue weighted by Gasteiger charge is 2.09. The fraction of sp³-hybridized carbons (Fsp3) is 0.130. The van der Waals surface area contributed by atoms with E-state index in [1.165, 1.54) is 6.07 Å². The van der Waals surface area contributed by atoms with Crippen molar-refractivity contribution in [1.29, 1.82) is 0 Å². The fourth-order valence-corrected chi connectivity index (χ4v) is 3.25. The average Bonchev–Trinajstić information content (AvgIpc) is 3.13. The number of fused-ring (bicyclic) bond motifs is 1. The molecule has 2 aromatic carbocycles. The average molecular weight is 388 g/mol. The highest BCUT2D eigenvalue weighted by molar-refractivity contribution is 5.95. The molecule has 6 heteroatoms. The van der Waals surface area contributed by atoms with E-state index in [1.807, 2.05) is 36.5 Å². The lowest BCUT2D eigenvalue weighted by molar-refractivity contribution is -0.115. The topological polar surface area (TPSA) is 69.8 Å². The van der Waals surface area contributed by atoms with Gasteiger partial charge in [-0.05, 0) is 41.8 Å². The summed E-state index contributed by atoms with van der Waals surface area (Å²) in [6.07, 6.45) is 4.33. The summed E-state index contributed by atoms with van der Waals surface area (Å²) in [5.41, 5.74) is 3.27. The van der Waals surface area contributed by atoms with Crippen LogP contribution in [0.4, 0.5) is 15.9 Å². The van der Waals surface area contributed by atoms with Crippen LogP contribution in [0.1, 0.15) is 11.1 Å². The van der Waals surface area contributed by atoms with Gasteiger partial charge in [-0.3, -0.25) is 4.79 Å². The molecule has 146 valence electrons. The summed E-state index contributed by atoms with van der Waals surface area (Å²) in [6, 6.07) is 18.2. The van der Waals surface area contributed by atoms with E-state index in [-0.39, 0.29) is 18.1 Å². The predicted octanol–water partition coefficient (Wildman–Crippen LogP) is 4.54. The number of amides is 1. The Bertz CT molecular complexity index is 1120. The zero-order valence-electron chi connectivity index (χ0n) is 15.8. The highest BCUT2D eigenvalue weighted by atomic mass is 19.1. The molecule has 0 saturated heterocycles. The molecular formula is C23H21FN4O. The van der Waals surface area contributed by atoms with Crippen LogP contribution in [0.2, 0.25) is 0 Å². The van der Waals surface area contributed by atoms with Crippen molar-refractivity contribution in [3.63, 3.8) is 0 Å². The number of hydrogen-bond donors (Lipinski definition) is 3. The number of benzene rings is 2. The molecule has 0 aliphatic rings. The molecule has 29 heavy (non-hydrogen) atoms. The Morgan fingerprint density at radius 1 is 1.00 bits per heavy atom. The van der Waals surface area contributed by atoms with E-state index >= 15 is 0 Å². The number of aromatic amines is 1. The summed E-state index contributed by atoms with van der Waals surface area (Å²) in [6.45, 7) is 0.570. The Kier molecular flexibility index (Phi) is 5.52. The molecule has 0 unspecified atom stereocenters. The maximum absolute atomic E-state index is 13.6. The summed E-state index contributed by atoms with van der Waals surface area (Å²) in [5.74, 6) is 0.378. The first-order valence-electron chi connectivity index (χ1n) is 9.47. The van der Waals surface area contributed by atoms with Crippen LogP contribution in [0, 0.1) is 5.82 Å². The zero-order chi connectivity index (χ0) is 20.1. The summed E-state index contributed by atoms with van der Waals surface area (Å²) in [7, 11) is 0. The van der Waals surface area contributed by atoms with Crippen molar-refractivity contribution in [1.82, 2.24) is 9.97 Å². The second-order valence-corrected chi connectivity index (χ2v) is 6.78. The van der Waals surface area contributed by atoms with Crippen LogP contribution in [0.15, 0.2) is 73.1 Å². The molecule has 2 heterocycles. The van der Waals surface area contributed by atoms with Gasteiger partial charge in [0.2, 0.25) is 5.91 Å². The van der Waals surface area contributed by atoms with E-state index < -0.39 is 0 Å². The van der Waals surface area contributed by atoms with Crippen molar-refractivity contribution < 1.29 is 9.18 Å². The fourth-order valence-electron chi connectivity index (χ4n) is 3.25. The predicted molar refractivity (Wildman–Crippen MR) is 113 cm³/mol. The molecule has 0 saturated carbocycles. The number of rotatable bonds is 7. The number of nitrogens with zero attached hydrogens (tertiary/aromatic N) is 1. The van der Waals surface area contributed by atoms with E-state index in [9.17, 15) is 9.18 Å². The van der Waals surface area contributed by atoms with Crippen molar-refractivity contribution in [3.8, 4) is 0 Å². The smallest absolute Gasteiger partial charge is 0.228 e. The largest absolute Gasteiger partial charge is 0.370 e. The van der Waals surface area contributed by atoms with E-state index in [2.05, 4.69) is 20.6 Å². The molecule has 4 aromatic rings. The van der Waals surface area contributed by atoms with Gasteiger partial charge in [0.05, 0.1) is 18.3 Å². The van der Waals surface area contributed by atoms with Crippen LogP contribution >= 0.6 is 0 Å². The second-order valence-electron chi connectivity index (χ2n) is 6.78. The van der Waals surface area contributed by atoms with Gasteiger partial charge in [-0.15, -0.1) is 0 Å². The minimum absolute atomic E-state index is 0.100. The standard InChI is InChI=1S/C23H21FN4O/c24-20-7-3-1-5-16(20)11-12-25-22-10-9-18(15-27-22)28-23(29)13-17-14-26-21-8-4-2-6-19(17)21/h1-10,14-15,26H,11-13H2,(H,25,27)(H,28,29). The van der Waals surface area contributed by atoms with Gasteiger partial charge >= 0.3 is 0 Å². The highest BCUT2D eigenvalue weighted by Crippen LogP contribution is 2.19. The molecule has 3 N–H and O–H groups in total. The number of carbonyl (C=O) groups is 1. The number of H-pyrrole nitrogens is 1. The number of carbonyl (C=O) groups excluding carboxylic acids is 1. The van der Waals surface area contributed by atoms with E-state index in [0.717, 1.165) is 16.5 Å². The van der Waals surface area contributed by atoms with Crippen molar-refractivity contribution in [2.75, 3.05) is 17.2 Å². The zero-order valence-corrected chi connectivity index (χ0v) is 15.8. The number of hydrogen-bond acceptors (Lipinski definition) is 3. The molecule has 1 amide bonds. The Hall–Kier alpha value is -3.67. The van der Waals surface area contributed by atoms with Crippen LogP contribution in [0.5, 0.6) is 0 Å². The van der Waals surface area contributed by atoms with Gasteiger partial charge in [-0.2, -0.15) is 0 Å². The molecule has 0 fully saturated rings. The van der Waals surface area contributed by atoms with E-state index in [1.54, 1.807) is 30.5 Å². The van der Waals surface area contributed by atoms with Crippen LogP contribution in [-0.2, 0) is 17.6 Å². The van der Waals surface area contributed by atoms with Crippen molar-refractivity contribution in [2.45, 2.75) is 12.8 Å². The lowest BCUT2D eigenvalue weighted by Gasteiger charge is -2.08. The van der Waals surface area contributed by atoms with Crippen molar-refractivity contribution >= 4 is 28.3 Å². The first-order valence-corrected chi connectivity index (χ1v) is 9.47. The summed E-state index contributed by atoms with van der Waals surface area (Å²) >= 11 is 0. The van der Waals surface area contributed by atoms with Gasteiger partial charge < -0.3 is 15.6 Å². The molecular weight excluding hydrogens is 367 g/mol. The van der Waals surface area contributed by atoms with Crippen LogP contribution in [0.3, 0.4) is 0 Å². The molecule has 5 nitrogen and oxygen atoms in total. The Morgan fingerprint density at radius 3 is 2.66 bits per heavy atom. The molecule has 0 atom stereocenters. The Labute approximate surface area is 168 Å². The molecule has 4 rings (SSSR count). The van der Waals surface area contributed by atoms with Gasteiger partial charge in [0, 0.05) is 23.6 Å². The minimum Gasteiger partial charge on any atom is -0.370 e. The molecule has 0 bridgehead atoms. The minimum atomic E-state index is -0.199. The van der Waals surface area contributed by atoms with Crippen molar-refractivity contribution in [3.05, 3.63) is 90.0 Å². The molecule has 0 spiro atoms. The maximum Gasteiger partial charge on any atom is 0.228 e. The van der Waals surface area contributed by atoms with Gasteiger partial charge in [0.25, 0.3) is 0 Å². The number of anilines is 2. The number of aromatic nitrogens is 2. The third-order valence-electron chi connectivity index (χ3n) is 4.73. The van der Waals surface area contributed by atoms with Gasteiger partial charge in [0.1, 0.15) is 11.6 Å². The Balaban J connectivity index is 1.30. The van der Waals surface area contributed by atoms with Crippen LogP contribution in [-0.4, -0.2) is 22.4 Å². The number of nitrogens with one attached hydrogen (secondary N) is 3. The van der Waals surface area contributed by atoms with E-state index in [4.69, 9.17) is 0 Å².